The summed E-state index contributed by atoms with van der Waals surface area (Å²) in [7, 11) is 0. The molecule has 0 aromatic carbocycles. The predicted octanol–water partition coefficient (Wildman–Crippen LogP) is 23.4. The van der Waals surface area contributed by atoms with Crippen LogP contribution in [0.3, 0.4) is 0 Å². The van der Waals surface area contributed by atoms with E-state index in [1.807, 2.05) is 0 Å². The second-order valence-electron chi connectivity index (χ2n) is 22.3. The van der Waals surface area contributed by atoms with Gasteiger partial charge in [-0.1, -0.05) is 284 Å². The van der Waals surface area contributed by atoms with Crippen molar-refractivity contribution in [3.05, 3.63) is 109 Å². The molecule has 0 aliphatic heterocycles. The Labute approximate surface area is 495 Å². The van der Waals surface area contributed by atoms with E-state index in [1.165, 1.54) is 167 Å². The summed E-state index contributed by atoms with van der Waals surface area (Å²) in [6.45, 7) is 6.50. The summed E-state index contributed by atoms with van der Waals surface area (Å²) in [5.41, 5.74) is 0. The van der Waals surface area contributed by atoms with Crippen molar-refractivity contribution < 1.29 is 28.6 Å². The van der Waals surface area contributed by atoms with Gasteiger partial charge in [-0.3, -0.25) is 14.4 Å². The Morgan fingerprint density at radius 2 is 0.487 bits per heavy atom. The fourth-order valence-electron chi connectivity index (χ4n) is 9.41. The highest BCUT2D eigenvalue weighted by molar-refractivity contribution is 5.71. The molecule has 0 aliphatic rings. The third-order valence-corrected chi connectivity index (χ3v) is 14.5. The second kappa shape index (κ2) is 67.6. The third kappa shape index (κ3) is 64.9. The first-order valence-electron chi connectivity index (χ1n) is 33.9. The Bertz CT molecular complexity index is 1610. The third-order valence-electron chi connectivity index (χ3n) is 14.5. The molecule has 0 aliphatic carbocycles. The number of rotatable bonds is 61. The highest BCUT2D eigenvalue weighted by Crippen LogP contribution is 2.16. The predicted molar refractivity (Wildman–Crippen MR) is 348 cm³/mol. The fraction of sp³-hybridized carbons (Fsp3) is 0.716. The van der Waals surface area contributed by atoms with Crippen LogP contribution >= 0.6 is 0 Å². The number of carbonyl (C=O) groups is 3. The summed E-state index contributed by atoms with van der Waals surface area (Å²) in [6, 6.07) is 0. The van der Waals surface area contributed by atoms with Crippen LogP contribution in [0.4, 0.5) is 0 Å². The second-order valence-corrected chi connectivity index (χ2v) is 22.3. The van der Waals surface area contributed by atoms with Crippen LogP contribution in [0.15, 0.2) is 109 Å². The molecule has 0 amide bonds. The summed E-state index contributed by atoms with van der Waals surface area (Å²) < 4.78 is 16.9. The molecule has 0 rings (SSSR count). The highest BCUT2D eigenvalue weighted by atomic mass is 16.6. The standard InChI is InChI=1S/C74H126O6/c1-4-7-10-13-16-19-22-25-27-29-31-33-35-36-37-38-40-41-43-45-47-49-52-55-58-61-64-67-73(76)79-70-71(69-78-72(75)66-63-60-57-54-51-24-21-18-15-12-9-6-3)80-74(77)68-65-62-59-56-53-50-48-46-44-42-39-34-32-30-28-26-23-20-17-14-11-8-5-2/h8,11,17-18,20-22,25-26,28-29,31-32,34-36,42,44,71H,4-7,9-10,12-16,19,23-24,27,30,33,37-41,43,45-70H2,1-3H3/b11-8-,20-17-,21-18-,25-22-,28-26-,31-29-,34-32-,36-35-,44-42-. The van der Waals surface area contributed by atoms with Gasteiger partial charge < -0.3 is 14.2 Å². The molecule has 458 valence electrons. The highest BCUT2D eigenvalue weighted by Gasteiger charge is 2.19. The average molecular weight is 1110 g/mol. The summed E-state index contributed by atoms with van der Waals surface area (Å²) in [6.07, 6.45) is 92.4. The van der Waals surface area contributed by atoms with Crippen molar-refractivity contribution >= 4 is 17.9 Å². The Kier molecular flexibility index (Phi) is 64.3. The molecule has 6 heteroatoms. The number of ether oxygens (including phenoxy) is 3. The maximum Gasteiger partial charge on any atom is 0.306 e. The number of esters is 3. The molecule has 6 nitrogen and oxygen atoms in total. The minimum Gasteiger partial charge on any atom is -0.462 e. The van der Waals surface area contributed by atoms with E-state index < -0.39 is 6.10 Å². The number of unbranched alkanes of at least 4 members (excludes halogenated alkanes) is 32. The molecule has 0 N–H and O–H groups in total. The topological polar surface area (TPSA) is 78.9 Å². The van der Waals surface area contributed by atoms with Gasteiger partial charge in [0.25, 0.3) is 0 Å². The summed E-state index contributed by atoms with van der Waals surface area (Å²) in [4.78, 5) is 38.4. The molecular formula is C74H126O6. The summed E-state index contributed by atoms with van der Waals surface area (Å²) in [5, 5.41) is 0. The Balaban J connectivity index is 4.31. The van der Waals surface area contributed by atoms with Crippen molar-refractivity contribution in [3.8, 4) is 0 Å². The Morgan fingerprint density at radius 1 is 0.263 bits per heavy atom. The smallest absolute Gasteiger partial charge is 0.306 e. The lowest BCUT2D eigenvalue weighted by molar-refractivity contribution is -0.167. The monoisotopic (exact) mass is 1110 g/mol. The molecule has 1 unspecified atom stereocenters. The number of carbonyl (C=O) groups excluding carboxylic acids is 3. The lowest BCUT2D eigenvalue weighted by Gasteiger charge is -2.18. The van der Waals surface area contributed by atoms with E-state index in [4.69, 9.17) is 14.2 Å². The zero-order chi connectivity index (χ0) is 57.8. The molecule has 0 bridgehead atoms. The molecule has 0 heterocycles. The largest absolute Gasteiger partial charge is 0.462 e. The first-order valence-corrected chi connectivity index (χ1v) is 33.9. The van der Waals surface area contributed by atoms with Gasteiger partial charge in [0.2, 0.25) is 0 Å². The van der Waals surface area contributed by atoms with Crippen LogP contribution in [-0.4, -0.2) is 37.2 Å². The molecule has 0 aromatic heterocycles. The van der Waals surface area contributed by atoms with Crippen molar-refractivity contribution in [2.75, 3.05) is 13.2 Å². The number of hydrogen-bond acceptors (Lipinski definition) is 6. The minimum atomic E-state index is -0.791. The Hall–Kier alpha value is -3.93. The van der Waals surface area contributed by atoms with Gasteiger partial charge in [0.1, 0.15) is 13.2 Å². The molecule has 1 atom stereocenters. The maximum absolute atomic E-state index is 12.9. The first-order chi connectivity index (χ1) is 39.5. The van der Waals surface area contributed by atoms with Crippen molar-refractivity contribution in [2.45, 2.75) is 329 Å². The Morgan fingerprint density at radius 3 is 0.800 bits per heavy atom. The van der Waals surface area contributed by atoms with Crippen LogP contribution < -0.4 is 0 Å². The molecule has 80 heavy (non-hydrogen) atoms. The van der Waals surface area contributed by atoms with Gasteiger partial charge in [0.15, 0.2) is 6.10 Å². The van der Waals surface area contributed by atoms with E-state index in [1.54, 1.807) is 0 Å². The molecular weight excluding hydrogens is 985 g/mol. The van der Waals surface area contributed by atoms with Crippen molar-refractivity contribution in [3.63, 3.8) is 0 Å². The van der Waals surface area contributed by atoms with E-state index in [2.05, 4.69) is 130 Å². The van der Waals surface area contributed by atoms with Gasteiger partial charge >= 0.3 is 17.9 Å². The lowest BCUT2D eigenvalue weighted by Crippen LogP contribution is -2.30. The van der Waals surface area contributed by atoms with E-state index in [9.17, 15) is 14.4 Å². The molecule has 0 aromatic rings. The normalized spacial score (nSPS) is 12.8. The van der Waals surface area contributed by atoms with Gasteiger partial charge in [-0.15, -0.1) is 0 Å². The van der Waals surface area contributed by atoms with Crippen LogP contribution in [0.1, 0.15) is 323 Å². The molecule has 0 saturated heterocycles. The molecule has 0 saturated carbocycles. The van der Waals surface area contributed by atoms with Gasteiger partial charge in [0, 0.05) is 19.3 Å². The van der Waals surface area contributed by atoms with Crippen LogP contribution in [0.5, 0.6) is 0 Å². The molecule has 0 fully saturated rings. The van der Waals surface area contributed by atoms with Gasteiger partial charge in [-0.25, -0.2) is 0 Å². The van der Waals surface area contributed by atoms with E-state index in [0.29, 0.717) is 19.3 Å². The zero-order valence-corrected chi connectivity index (χ0v) is 52.6. The average Bonchev–Trinajstić information content (AvgIpc) is 3.46. The van der Waals surface area contributed by atoms with Crippen molar-refractivity contribution in [1.82, 2.24) is 0 Å². The maximum atomic E-state index is 12.9. The van der Waals surface area contributed by atoms with Crippen molar-refractivity contribution in [2.24, 2.45) is 0 Å². The summed E-state index contributed by atoms with van der Waals surface area (Å²) in [5.74, 6) is -0.899. The van der Waals surface area contributed by atoms with Crippen LogP contribution in [0, 0.1) is 0 Å². The van der Waals surface area contributed by atoms with Crippen LogP contribution in [0.2, 0.25) is 0 Å². The van der Waals surface area contributed by atoms with E-state index in [-0.39, 0.29) is 31.1 Å². The zero-order valence-electron chi connectivity index (χ0n) is 52.6. The van der Waals surface area contributed by atoms with E-state index in [0.717, 1.165) is 116 Å². The van der Waals surface area contributed by atoms with E-state index >= 15 is 0 Å². The van der Waals surface area contributed by atoms with Crippen LogP contribution in [-0.2, 0) is 28.6 Å². The van der Waals surface area contributed by atoms with Gasteiger partial charge in [-0.2, -0.15) is 0 Å². The van der Waals surface area contributed by atoms with Gasteiger partial charge in [0.05, 0.1) is 0 Å². The fourth-order valence-corrected chi connectivity index (χ4v) is 9.41. The van der Waals surface area contributed by atoms with Crippen LogP contribution in [0.25, 0.3) is 0 Å². The van der Waals surface area contributed by atoms with Crippen molar-refractivity contribution in [1.29, 1.82) is 0 Å². The summed E-state index contributed by atoms with van der Waals surface area (Å²) >= 11 is 0. The molecule has 0 radical (unpaired) electrons. The SMILES string of the molecule is CC/C=C\C/C=C\C/C=C\C/C=C\C/C=C\CCCCCCCCCC(=O)OC(COC(=O)CCCCCCC/C=C\CCCCC)COC(=O)CCCCCCCCCCCCCC/C=C\C/C=C\C/C=C\CCCCCCC. The first kappa shape index (κ1) is 76.1. The van der Waals surface area contributed by atoms with Gasteiger partial charge in [-0.05, 0) is 128 Å². The minimum absolute atomic E-state index is 0.0861. The lowest BCUT2D eigenvalue weighted by atomic mass is 10.0. The molecule has 0 spiro atoms. The number of hydrogen-bond donors (Lipinski definition) is 0. The number of allylic oxidation sites excluding steroid dienone is 18. The quantitative estimate of drug-likeness (QED) is 0.0261.